The van der Waals surface area contributed by atoms with Gasteiger partial charge in [-0.05, 0) is 48.4 Å². The van der Waals surface area contributed by atoms with E-state index in [0.29, 0.717) is 16.3 Å². The van der Waals surface area contributed by atoms with Gasteiger partial charge in [-0.15, -0.1) is 0 Å². The first kappa shape index (κ1) is 16.3. The van der Waals surface area contributed by atoms with Crippen LogP contribution < -0.4 is 11.0 Å². The Morgan fingerprint density at radius 1 is 1.25 bits per heavy atom. The van der Waals surface area contributed by atoms with Gasteiger partial charge in [-0.2, -0.15) is 0 Å². The highest BCUT2D eigenvalue weighted by atomic mass is 35.5. The summed E-state index contributed by atoms with van der Waals surface area (Å²) in [5.41, 5.74) is 3.45. The summed E-state index contributed by atoms with van der Waals surface area (Å²) in [5, 5.41) is 3.54. The van der Waals surface area contributed by atoms with Crippen molar-refractivity contribution >= 4 is 34.2 Å². The number of carbonyl (C=O) groups is 1. The van der Waals surface area contributed by atoms with Crippen LogP contribution in [0.4, 0.5) is 5.69 Å². The minimum atomic E-state index is -0.205. The van der Waals surface area contributed by atoms with E-state index < -0.39 is 0 Å². The molecule has 0 spiro atoms. The fourth-order valence-corrected chi connectivity index (χ4v) is 2.89. The molecule has 2 N–H and O–H groups in total. The van der Waals surface area contributed by atoms with E-state index in [-0.39, 0.29) is 11.6 Å². The van der Waals surface area contributed by atoms with Crippen molar-refractivity contribution in [2.45, 2.75) is 19.8 Å². The molecule has 1 aromatic heterocycles. The molecule has 0 saturated carbocycles. The van der Waals surface area contributed by atoms with E-state index in [1.54, 1.807) is 37.4 Å². The van der Waals surface area contributed by atoms with Crippen LogP contribution in [0.2, 0.25) is 5.02 Å². The fourth-order valence-electron chi connectivity index (χ4n) is 2.68. The first-order valence-electron chi connectivity index (χ1n) is 7.78. The van der Waals surface area contributed by atoms with Crippen molar-refractivity contribution in [3.05, 3.63) is 63.0 Å². The molecule has 0 fully saturated rings. The van der Waals surface area contributed by atoms with E-state index in [9.17, 15) is 9.59 Å². The van der Waals surface area contributed by atoms with Gasteiger partial charge >= 0.3 is 5.69 Å². The van der Waals surface area contributed by atoms with E-state index >= 15 is 0 Å². The van der Waals surface area contributed by atoms with Crippen LogP contribution in [0.3, 0.4) is 0 Å². The minimum Gasteiger partial charge on any atom is -0.322 e. The van der Waals surface area contributed by atoms with Crippen molar-refractivity contribution < 1.29 is 4.79 Å². The maximum absolute atomic E-state index is 12.5. The van der Waals surface area contributed by atoms with Crippen molar-refractivity contribution in [3.63, 3.8) is 0 Å². The number of imidazole rings is 1. The first-order valence-corrected chi connectivity index (χ1v) is 8.16. The summed E-state index contributed by atoms with van der Waals surface area (Å²) in [6.45, 7) is 2.07. The zero-order valence-corrected chi connectivity index (χ0v) is 14.3. The maximum Gasteiger partial charge on any atom is 0.326 e. The molecule has 5 nitrogen and oxygen atoms in total. The average molecular weight is 344 g/mol. The zero-order valence-electron chi connectivity index (χ0n) is 13.5. The van der Waals surface area contributed by atoms with Crippen LogP contribution in [0.5, 0.6) is 0 Å². The van der Waals surface area contributed by atoms with Crippen molar-refractivity contribution in [1.29, 1.82) is 0 Å². The second-order valence-electron chi connectivity index (χ2n) is 5.73. The van der Waals surface area contributed by atoms with Gasteiger partial charge in [0.2, 0.25) is 0 Å². The van der Waals surface area contributed by atoms with Gasteiger partial charge in [0.15, 0.2) is 0 Å². The Morgan fingerprint density at radius 3 is 2.79 bits per heavy atom. The molecule has 3 aromatic rings. The summed E-state index contributed by atoms with van der Waals surface area (Å²) in [6, 6.07) is 10.6. The molecular weight excluding hydrogens is 326 g/mol. The predicted octanol–water partition coefficient (Wildman–Crippen LogP) is 3.72. The second-order valence-corrected chi connectivity index (χ2v) is 6.14. The Labute approximate surface area is 144 Å². The number of nitrogens with zero attached hydrogens (tertiary/aromatic N) is 1. The van der Waals surface area contributed by atoms with Crippen molar-refractivity contribution in [1.82, 2.24) is 9.55 Å². The predicted molar refractivity (Wildman–Crippen MR) is 96.9 cm³/mol. The normalized spacial score (nSPS) is 11.0. The Hall–Kier alpha value is -2.53. The topological polar surface area (TPSA) is 66.9 Å². The number of aryl methyl sites for hydroxylation is 2. The van der Waals surface area contributed by atoms with Crippen molar-refractivity contribution in [2.75, 3.05) is 5.32 Å². The second kappa shape index (κ2) is 6.53. The van der Waals surface area contributed by atoms with Crippen LogP contribution in [0, 0.1) is 0 Å². The lowest BCUT2D eigenvalue weighted by Crippen LogP contribution is -2.13. The van der Waals surface area contributed by atoms with E-state index in [2.05, 4.69) is 17.2 Å². The molecule has 2 aromatic carbocycles. The molecule has 124 valence electrons. The van der Waals surface area contributed by atoms with Crippen LogP contribution in [-0.4, -0.2) is 15.5 Å². The molecular formula is C18H18ClN3O2. The molecule has 0 bridgehead atoms. The standard InChI is InChI=1S/C18H18ClN3O2/c1-3-4-11-9-12(5-7-14(11)19)17(23)20-13-6-8-15-16(10-13)22(2)18(24)21-15/h5-10H,3-4H2,1-2H3,(H,20,23)(H,21,24). The lowest BCUT2D eigenvalue weighted by Gasteiger charge is -2.08. The third kappa shape index (κ3) is 3.08. The molecule has 3 rings (SSSR count). The third-order valence-electron chi connectivity index (χ3n) is 3.99. The average Bonchev–Trinajstić information content (AvgIpc) is 2.84. The van der Waals surface area contributed by atoms with Crippen LogP contribution in [0.25, 0.3) is 11.0 Å². The van der Waals surface area contributed by atoms with Crippen LogP contribution >= 0.6 is 11.6 Å². The summed E-state index contributed by atoms with van der Waals surface area (Å²) in [7, 11) is 1.68. The number of fused-ring (bicyclic) bond motifs is 1. The van der Waals surface area contributed by atoms with E-state index in [1.807, 2.05) is 6.07 Å². The summed E-state index contributed by atoms with van der Waals surface area (Å²) >= 11 is 6.16. The number of hydrogen-bond acceptors (Lipinski definition) is 2. The zero-order chi connectivity index (χ0) is 17.3. The number of rotatable bonds is 4. The van der Waals surface area contributed by atoms with Crippen molar-refractivity contribution in [2.24, 2.45) is 7.05 Å². The molecule has 0 saturated heterocycles. The summed E-state index contributed by atoms with van der Waals surface area (Å²) in [6.07, 6.45) is 1.79. The lowest BCUT2D eigenvalue weighted by molar-refractivity contribution is 0.102. The van der Waals surface area contributed by atoms with Crippen molar-refractivity contribution in [3.8, 4) is 0 Å². The number of halogens is 1. The molecule has 0 aliphatic carbocycles. The van der Waals surface area contributed by atoms with Gasteiger partial charge in [0.1, 0.15) is 0 Å². The van der Waals surface area contributed by atoms with Gasteiger partial charge in [-0.25, -0.2) is 4.79 Å². The number of anilines is 1. The number of aromatic nitrogens is 2. The molecule has 24 heavy (non-hydrogen) atoms. The van der Waals surface area contributed by atoms with Gasteiger partial charge in [0, 0.05) is 23.3 Å². The van der Waals surface area contributed by atoms with Gasteiger partial charge < -0.3 is 10.3 Å². The Balaban J connectivity index is 1.88. The maximum atomic E-state index is 12.5. The number of hydrogen-bond donors (Lipinski definition) is 2. The quantitative estimate of drug-likeness (QED) is 0.758. The Bertz CT molecular complexity index is 972. The fraction of sp³-hybridized carbons (Fsp3) is 0.222. The largest absolute Gasteiger partial charge is 0.326 e. The SMILES string of the molecule is CCCc1cc(C(=O)Nc2ccc3[nH]c(=O)n(C)c3c2)ccc1Cl. The van der Waals surface area contributed by atoms with Gasteiger partial charge in [-0.1, -0.05) is 24.9 Å². The number of nitrogens with one attached hydrogen (secondary N) is 2. The van der Waals surface area contributed by atoms with Crippen LogP contribution in [-0.2, 0) is 13.5 Å². The number of aromatic amines is 1. The summed E-state index contributed by atoms with van der Waals surface area (Å²) in [4.78, 5) is 26.9. The molecule has 1 amide bonds. The lowest BCUT2D eigenvalue weighted by atomic mass is 10.1. The minimum absolute atomic E-state index is 0.185. The van der Waals surface area contributed by atoms with E-state index in [1.165, 1.54) is 4.57 Å². The number of amides is 1. The monoisotopic (exact) mass is 343 g/mol. The number of carbonyl (C=O) groups excluding carboxylic acids is 1. The highest BCUT2D eigenvalue weighted by Crippen LogP contribution is 2.21. The number of H-pyrrole nitrogens is 1. The third-order valence-corrected chi connectivity index (χ3v) is 4.36. The van der Waals surface area contributed by atoms with Crippen LogP contribution in [0.1, 0.15) is 29.3 Å². The molecule has 6 heteroatoms. The molecule has 0 atom stereocenters. The molecule has 1 heterocycles. The molecule has 0 aliphatic heterocycles. The highest BCUT2D eigenvalue weighted by molar-refractivity contribution is 6.31. The van der Waals surface area contributed by atoms with Crippen LogP contribution in [0.15, 0.2) is 41.2 Å². The number of benzene rings is 2. The van der Waals surface area contributed by atoms with Gasteiger partial charge in [0.25, 0.3) is 5.91 Å². The van der Waals surface area contributed by atoms with Gasteiger partial charge in [-0.3, -0.25) is 9.36 Å². The smallest absolute Gasteiger partial charge is 0.322 e. The summed E-state index contributed by atoms with van der Waals surface area (Å²) in [5.74, 6) is -0.205. The molecule has 0 radical (unpaired) electrons. The molecule has 0 unspecified atom stereocenters. The van der Waals surface area contributed by atoms with Gasteiger partial charge in [0.05, 0.1) is 11.0 Å². The molecule has 0 aliphatic rings. The first-order chi connectivity index (χ1) is 11.5. The van der Waals surface area contributed by atoms with E-state index in [0.717, 1.165) is 29.4 Å². The highest BCUT2D eigenvalue weighted by Gasteiger charge is 2.10. The Kier molecular flexibility index (Phi) is 4.44. The Morgan fingerprint density at radius 2 is 2.04 bits per heavy atom. The summed E-state index contributed by atoms with van der Waals surface area (Å²) < 4.78 is 1.51. The van der Waals surface area contributed by atoms with E-state index in [4.69, 9.17) is 11.6 Å².